The molecule has 1 aromatic heterocycles. The molecule has 1 aromatic carbocycles. The van der Waals surface area contributed by atoms with Crippen LogP contribution in [0.15, 0.2) is 30.6 Å². The van der Waals surface area contributed by atoms with Crippen molar-refractivity contribution in [1.29, 1.82) is 0 Å². The highest BCUT2D eigenvalue weighted by Gasteiger charge is 2.04. The zero-order chi connectivity index (χ0) is 11.4. The van der Waals surface area contributed by atoms with E-state index in [1.807, 2.05) is 0 Å². The summed E-state index contributed by atoms with van der Waals surface area (Å²) in [5, 5.41) is 0. The Hall–Kier alpha value is -1.44. The molecule has 16 heavy (non-hydrogen) atoms. The van der Waals surface area contributed by atoms with Gasteiger partial charge in [-0.3, -0.25) is 9.97 Å². The van der Waals surface area contributed by atoms with Crippen LogP contribution >= 0.6 is 0 Å². The van der Waals surface area contributed by atoms with Crippen molar-refractivity contribution >= 4 is 11.0 Å². The van der Waals surface area contributed by atoms with Gasteiger partial charge < -0.3 is 0 Å². The van der Waals surface area contributed by atoms with Gasteiger partial charge in [0.1, 0.15) is 0 Å². The molecule has 0 aliphatic rings. The zero-order valence-electron chi connectivity index (χ0n) is 9.98. The summed E-state index contributed by atoms with van der Waals surface area (Å²) in [6, 6.07) is 6.40. The molecule has 0 aliphatic heterocycles. The first-order valence-electron chi connectivity index (χ1n) is 5.99. The lowest BCUT2D eigenvalue weighted by atomic mass is 9.97. The van der Waals surface area contributed by atoms with Gasteiger partial charge in [0.15, 0.2) is 0 Å². The average Bonchev–Trinajstić information content (AvgIpc) is 2.29. The molecule has 84 valence electrons. The van der Waals surface area contributed by atoms with Crippen LogP contribution in [0.5, 0.6) is 0 Å². The minimum absolute atomic E-state index is 0.749. The van der Waals surface area contributed by atoms with Crippen LogP contribution in [0.4, 0.5) is 0 Å². The Balaban J connectivity index is 2.19. The van der Waals surface area contributed by atoms with E-state index < -0.39 is 0 Å². The molecule has 1 atom stereocenters. The maximum atomic E-state index is 4.33. The molecule has 2 heteroatoms. The second kappa shape index (κ2) is 5.06. The van der Waals surface area contributed by atoms with Crippen molar-refractivity contribution in [1.82, 2.24) is 9.97 Å². The van der Waals surface area contributed by atoms with E-state index in [0.717, 1.165) is 23.4 Å². The predicted molar refractivity (Wildman–Crippen MR) is 67.3 cm³/mol. The molecule has 0 amide bonds. The van der Waals surface area contributed by atoms with Crippen LogP contribution in [0.1, 0.15) is 32.3 Å². The average molecular weight is 214 g/mol. The molecular formula is C14H18N2. The number of rotatable bonds is 4. The van der Waals surface area contributed by atoms with Crippen molar-refractivity contribution in [2.75, 3.05) is 0 Å². The van der Waals surface area contributed by atoms with E-state index in [1.54, 1.807) is 12.4 Å². The molecule has 0 N–H and O–H groups in total. The summed E-state index contributed by atoms with van der Waals surface area (Å²) in [6.07, 6.45) is 7.18. The molecule has 0 aliphatic carbocycles. The first-order valence-corrected chi connectivity index (χ1v) is 5.99. The van der Waals surface area contributed by atoms with E-state index in [4.69, 9.17) is 0 Å². The van der Waals surface area contributed by atoms with E-state index in [2.05, 4.69) is 42.0 Å². The Morgan fingerprint density at radius 2 is 1.88 bits per heavy atom. The molecule has 0 spiro atoms. The highest BCUT2D eigenvalue weighted by molar-refractivity contribution is 5.74. The molecule has 0 fully saturated rings. The molecular weight excluding hydrogens is 196 g/mol. The minimum atomic E-state index is 0.749. The van der Waals surface area contributed by atoms with Gasteiger partial charge in [0.25, 0.3) is 0 Å². The number of nitrogens with zero attached hydrogens (tertiary/aromatic N) is 2. The van der Waals surface area contributed by atoms with Crippen LogP contribution in [0, 0.1) is 5.92 Å². The molecule has 0 saturated carbocycles. The SMILES string of the molecule is CCCC(C)Cc1ccc2nccnc2c1. The monoisotopic (exact) mass is 214 g/mol. The lowest BCUT2D eigenvalue weighted by Gasteiger charge is -2.10. The van der Waals surface area contributed by atoms with Crippen molar-refractivity contribution in [2.24, 2.45) is 5.92 Å². The van der Waals surface area contributed by atoms with Crippen LogP contribution in [0.2, 0.25) is 0 Å². The highest BCUT2D eigenvalue weighted by Crippen LogP contribution is 2.16. The van der Waals surface area contributed by atoms with Gasteiger partial charge >= 0.3 is 0 Å². The van der Waals surface area contributed by atoms with Crippen LogP contribution < -0.4 is 0 Å². The van der Waals surface area contributed by atoms with Crippen molar-refractivity contribution in [3.63, 3.8) is 0 Å². The first-order chi connectivity index (χ1) is 7.79. The minimum Gasteiger partial charge on any atom is -0.253 e. The summed E-state index contributed by atoms with van der Waals surface area (Å²) in [7, 11) is 0. The molecule has 1 heterocycles. The fourth-order valence-corrected chi connectivity index (χ4v) is 2.13. The standard InChI is InChI=1S/C14H18N2/c1-3-4-11(2)9-12-5-6-13-14(10-12)16-8-7-15-13/h5-8,10-11H,3-4,9H2,1-2H3. The normalized spacial score (nSPS) is 12.9. The zero-order valence-corrected chi connectivity index (χ0v) is 9.98. The Kier molecular flexibility index (Phi) is 3.50. The predicted octanol–water partition coefficient (Wildman–Crippen LogP) is 3.61. The summed E-state index contributed by atoms with van der Waals surface area (Å²) in [6.45, 7) is 4.55. The van der Waals surface area contributed by atoms with Gasteiger partial charge in [-0.2, -0.15) is 0 Å². The summed E-state index contributed by atoms with van der Waals surface area (Å²) < 4.78 is 0. The van der Waals surface area contributed by atoms with E-state index in [0.29, 0.717) is 0 Å². The number of hydrogen-bond acceptors (Lipinski definition) is 2. The molecule has 0 saturated heterocycles. The van der Waals surface area contributed by atoms with E-state index in [1.165, 1.54) is 18.4 Å². The smallest absolute Gasteiger partial charge is 0.0889 e. The summed E-state index contributed by atoms with van der Waals surface area (Å²) >= 11 is 0. The molecule has 2 aromatic rings. The Labute approximate surface area is 96.7 Å². The maximum absolute atomic E-state index is 4.33. The second-order valence-electron chi connectivity index (χ2n) is 4.48. The maximum Gasteiger partial charge on any atom is 0.0889 e. The second-order valence-corrected chi connectivity index (χ2v) is 4.48. The third-order valence-corrected chi connectivity index (χ3v) is 2.90. The van der Waals surface area contributed by atoms with Gasteiger partial charge in [-0.15, -0.1) is 0 Å². The summed E-state index contributed by atoms with van der Waals surface area (Å²) in [4.78, 5) is 8.61. The number of hydrogen-bond donors (Lipinski definition) is 0. The third-order valence-electron chi connectivity index (χ3n) is 2.90. The first kappa shape index (κ1) is 11.1. The third kappa shape index (κ3) is 2.57. The van der Waals surface area contributed by atoms with Gasteiger partial charge in [0.05, 0.1) is 11.0 Å². The molecule has 1 unspecified atom stereocenters. The van der Waals surface area contributed by atoms with E-state index in [-0.39, 0.29) is 0 Å². The number of benzene rings is 1. The largest absolute Gasteiger partial charge is 0.253 e. The summed E-state index contributed by atoms with van der Waals surface area (Å²) in [5.41, 5.74) is 3.35. The van der Waals surface area contributed by atoms with Gasteiger partial charge in [-0.05, 0) is 30.0 Å². The Morgan fingerprint density at radius 1 is 1.12 bits per heavy atom. The quantitative estimate of drug-likeness (QED) is 0.777. The molecule has 0 radical (unpaired) electrons. The van der Waals surface area contributed by atoms with Gasteiger partial charge in [-0.25, -0.2) is 0 Å². The fraction of sp³-hybridized carbons (Fsp3) is 0.429. The topological polar surface area (TPSA) is 25.8 Å². The lowest BCUT2D eigenvalue weighted by molar-refractivity contribution is 0.523. The molecule has 2 nitrogen and oxygen atoms in total. The van der Waals surface area contributed by atoms with E-state index >= 15 is 0 Å². The van der Waals surface area contributed by atoms with Gasteiger partial charge in [0, 0.05) is 12.4 Å². The molecule has 2 rings (SSSR count). The Morgan fingerprint density at radius 3 is 2.62 bits per heavy atom. The molecule has 0 bridgehead atoms. The van der Waals surface area contributed by atoms with Crippen LogP contribution in [0.25, 0.3) is 11.0 Å². The van der Waals surface area contributed by atoms with Crippen molar-refractivity contribution in [3.05, 3.63) is 36.2 Å². The summed E-state index contributed by atoms with van der Waals surface area (Å²) in [5.74, 6) is 0.749. The lowest BCUT2D eigenvalue weighted by Crippen LogP contribution is -1.99. The number of fused-ring (bicyclic) bond motifs is 1. The number of aromatic nitrogens is 2. The highest BCUT2D eigenvalue weighted by atomic mass is 14.8. The van der Waals surface area contributed by atoms with Gasteiger partial charge in [-0.1, -0.05) is 32.8 Å². The van der Waals surface area contributed by atoms with Crippen molar-refractivity contribution < 1.29 is 0 Å². The van der Waals surface area contributed by atoms with Crippen molar-refractivity contribution in [3.8, 4) is 0 Å². The Bertz CT molecular complexity index is 465. The van der Waals surface area contributed by atoms with Crippen LogP contribution in [-0.2, 0) is 6.42 Å². The van der Waals surface area contributed by atoms with E-state index in [9.17, 15) is 0 Å². The van der Waals surface area contributed by atoms with Crippen molar-refractivity contribution in [2.45, 2.75) is 33.1 Å². The van der Waals surface area contributed by atoms with Crippen LogP contribution in [0.3, 0.4) is 0 Å². The fourth-order valence-electron chi connectivity index (χ4n) is 2.13. The van der Waals surface area contributed by atoms with Crippen LogP contribution in [-0.4, -0.2) is 9.97 Å². The van der Waals surface area contributed by atoms with Gasteiger partial charge in [0.2, 0.25) is 0 Å².